The van der Waals surface area contributed by atoms with Gasteiger partial charge >= 0.3 is 5.97 Å². The van der Waals surface area contributed by atoms with Crippen LogP contribution in [0.15, 0.2) is 30.5 Å². The average molecular weight is 435 g/mol. The van der Waals surface area contributed by atoms with Gasteiger partial charge in [0.05, 0.1) is 19.8 Å². The number of aromatic amines is 1. The van der Waals surface area contributed by atoms with Crippen LogP contribution in [0, 0.1) is 0 Å². The second kappa shape index (κ2) is 11.1. The third-order valence-corrected chi connectivity index (χ3v) is 4.50. The van der Waals surface area contributed by atoms with Gasteiger partial charge in [-0.15, -0.1) is 0 Å². The Labute approximate surface area is 176 Å². The third-order valence-electron chi connectivity index (χ3n) is 4.50. The molecule has 31 heavy (non-hydrogen) atoms. The molecule has 0 saturated carbocycles. The zero-order valence-corrected chi connectivity index (χ0v) is 16.5. The summed E-state index contributed by atoms with van der Waals surface area (Å²) in [7, 11) is 0. The lowest BCUT2D eigenvalue weighted by Gasteiger charge is -2.20. The Morgan fingerprint density at radius 2 is 1.71 bits per heavy atom. The van der Waals surface area contributed by atoms with Crippen molar-refractivity contribution in [2.45, 2.75) is 24.5 Å². The molecule has 0 aliphatic carbocycles. The summed E-state index contributed by atoms with van der Waals surface area (Å²) in [6, 6.07) is 3.34. The van der Waals surface area contributed by atoms with E-state index in [2.05, 4.69) is 20.9 Å². The van der Waals surface area contributed by atoms with Crippen LogP contribution in [-0.4, -0.2) is 81.9 Å². The molecule has 12 heteroatoms. The predicted octanol–water partition coefficient (Wildman–Crippen LogP) is -2.81. The second-order valence-corrected chi connectivity index (χ2v) is 6.77. The lowest BCUT2D eigenvalue weighted by molar-refractivity contribution is -0.142. The number of aromatic nitrogens is 1. The molecule has 3 atom stereocenters. The van der Waals surface area contributed by atoms with Crippen LogP contribution in [0.4, 0.5) is 0 Å². The van der Waals surface area contributed by atoms with Gasteiger partial charge in [0.1, 0.15) is 18.1 Å². The van der Waals surface area contributed by atoms with Crippen LogP contribution in [0.1, 0.15) is 5.56 Å². The first-order valence-electron chi connectivity index (χ1n) is 9.39. The molecule has 1 heterocycles. The van der Waals surface area contributed by atoms with E-state index >= 15 is 0 Å². The molecule has 168 valence electrons. The molecule has 0 aliphatic heterocycles. The van der Waals surface area contributed by atoms with Crippen molar-refractivity contribution < 1.29 is 34.5 Å². The maximum absolute atomic E-state index is 12.4. The topological polar surface area (TPSA) is 207 Å². The number of nitrogens with two attached hydrogens (primary N) is 1. The average Bonchev–Trinajstić information content (AvgIpc) is 3.17. The molecule has 0 bridgehead atoms. The molecule has 1 aromatic carbocycles. The highest BCUT2D eigenvalue weighted by atomic mass is 16.4. The largest absolute Gasteiger partial charge is 0.480 e. The summed E-state index contributed by atoms with van der Waals surface area (Å²) in [5.41, 5.74) is 6.79. The summed E-state index contributed by atoms with van der Waals surface area (Å²) in [4.78, 5) is 50.5. The van der Waals surface area contributed by atoms with Crippen molar-refractivity contribution >= 4 is 34.6 Å². The van der Waals surface area contributed by atoms with Gasteiger partial charge in [-0.25, -0.2) is 4.79 Å². The SMILES string of the molecule is NC(CO)C(=O)NCC(=O)NC(CO)C(=O)NC(Cc1c[nH]c2ccccc12)C(=O)O. The summed E-state index contributed by atoms with van der Waals surface area (Å²) in [5, 5.41) is 35.2. The highest BCUT2D eigenvalue weighted by Gasteiger charge is 2.27. The van der Waals surface area contributed by atoms with Gasteiger partial charge in [-0.05, 0) is 11.6 Å². The van der Waals surface area contributed by atoms with Crippen molar-refractivity contribution in [2.24, 2.45) is 5.73 Å². The van der Waals surface area contributed by atoms with Crippen LogP contribution in [0.2, 0.25) is 0 Å². The van der Waals surface area contributed by atoms with E-state index in [1.807, 2.05) is 18.2 Å². The van der Waals surface area contributed by atoms with Gasteiger partial charge in [0.15, 0.2) is 0 Å². The van der Waals surface area contributed by atoms with E-state index in [-0.39, 0.29) is 6.42 Å². The van der Waals surface area contributed by atoms with Gasteiger partial charge in [-0.2, -0.15) is 0 Å². The van der Waals surface area contributed by atoms with Crippen molar-refractivity contribution in [3.8, 4) is 0 Å². The number of nitrogens with one attached hydrogen (secondary N) is 4. The number of aliphatic hydroxyl groups is 2. The van der Waals surface area contributed by atoms with E-state index in [4.69, 9.17) is 10.8 Å². The second-order valence-electron chi connectivity index (χ2n) is 6.77. The summed E-state index contributed by atoms with van der Waals surface area (Å²) in [6.45, 7) is -1.95. The highest BCUT2D eigenvalue weighted by molar-refractivity contribution is 5.93. The van der Waals surface area contributed by atoms with Crippen molar-refractivity contribution in [1.82, 2.24) is 20.9 Å². The molecule has 2 aromatic rings. The van der Waals surface area contributed by atoms with Crippen LogP contribution in [-0.2, 0) is 25.6 Å². The number of hydrogen-bond acceptors (Lipinski definition) is 7. The molecule has 9 N–H and O–H groups in total. The number of rotatable bonds is 11. The van der Waals surface area contributed by atoms with E-state index in [0.717, 1.165) is 10.9 Å². The Morgan fingerprint density at radius 3 is 2.35 bits per heavy atom. The fourth-order valence-electron chi connectivity index (χ4n) is 2.81. The fourth-order valence-corrected chi connectivity index (χ4v) is 2.81. The van der Waals surface area contributed by atoms with Crippen molar-refractivity contribution in [1.29, 1.82) is 0 Å². The molecule has 0 saturated heterocycles. The minimum absolute atomic E-state index is 0.0215. The number of carboxylic acid groups (broad SMARTS) is 1. The van der Waals surface area contributed by atoms with Gasteiger partial charge in [0, 0.05) is 23.5 Å². The van der Waals surface area contributed by atoms with Crippen LogP contribution < -0.4 is 21.7 Å². The molecule has 0 spiro atoms. The van der Waals surface area contributed by atoms with Crippen LogP contribution in [0.5, 0.6) is 0 Å². The van der Waals surface area contributed by atoms with E-state index in [1.165, 1.54) is 0 Å². The number of H-pyrrole nitrogens is 1. The summed E-state index contributed by atoms with van der Waals surface area (Å²) in [6.07, 6.45) is 1.63. The summed E-state index contributed by atoms with van der Waals surface area (Å²) < 4.78 is 0. The zero-order valence-electron chi connectivity index (χ0n) is 16.5. The quantitative estimate of drug-likeness (QED) is 0.184. The Morgan fingerprint density at radius 1 is 1.00 bits per heavy atom. The Balaban J connectivity index is 1.97. The van der Waals surface area contributed by atoms with Gasteiger partial charge in [0.25, 0.3) is 0 Å². The van der Waals surface area contributed by atoms with Crippen LogP contribution in [0.25, 0.3) is 10.9 Å². The number of aliphatic carboxylic acids is 1. The molecule has 3 unspecified atom stereocenters. The number of para-hydroxylation sites is 1. The van der Waals surface area contributed by atoms with Crippen LogP contribution in [0.3, 0.4) is 0 Å². The predicted molar refractivity (Wildman–Crippen MR) is 109 cm³/mol. The maximum atomic E-state index is 12.4. The number of aliphatic hydroxyl groups excluding tert-OH is 2. The summed E-state index contributed by atoms with van der Waals surface area (Å²) in [5.74, 6) is -3.77. The molecule has 2 rings (SSSR count). The first kappa shape index (κ1) is 23.8. The lowest BCUT2D eigenvalue weighted by atomic mass is 10.0. The Bertz CT molecular complexity index is 945. The van der Waals surface area contributed by atoms with Crippen molar-refractivity contribution in [3.05, 3.63) is 36.0 Å². The van der Waals surface area contributed by atoms with Gasteiger partial charge in [0.2, 0.25) is 17.7 Å². The first-order valence-corrected chi connectivity index (χ1v) is 9.39. The Hall–Kier alpha value is -3.48. The molecule has 0 aliphatic rings. The van der Waals surface area contributed by atoms with E-state index < -0.39 is 61.6 Å². The number of benzene rings is 1. The number of carbonyl (C=O) groups excluding carboxylic acids is 3. The van der Waals surface area contributed by atoms with E-state index in [1.54, 1.807) is 12.3 Å². The zero-order chi connectivity index (χ0) is 23.0. The smallest absolute Gasteiger partial charge is 0.326 e. The van der Waals surface area contributed by atoms with E-state index in [0.29, 0.717) is 5.56 Å². The third kappa shape index (κ3) is 6.50. The monoisotopic (exact) mass is 435 g/mol. The number of carbonyl (C=O) groups is 4. The molecule has 0 fully saturated rings. The number of carboxylic acids is 1. The minimum atomic E-state index is -1.43. The highest BCUT2D eigenvalue weighted by Crippen LogP contribution is 2.19. The summed E-state index contributed by atoms with van der Waals surface area (Å²) >= 11 is 0. The first-order chi connectivity index (χ1) is 14.8. The minimum Gasteiger partial charge on any atom is -0.480 e. The molecular formula is C19H25N5O7. The molecular weight excluding hydrogens is 410 g/mol. The number of fused-ring (bicyclic) bond motifs is 1. The molecule has 0 radical (unpaired) electrons. The van der Waals surface area contributed by atoms with Gasteiger partial charge in [-0.1, -0.05) is 18.2 Å². The standard InChI is InChI=1S/C19H25N5O7/c20-12(8-25)17(28)22-7-16(27)23-15(9-26)18(29)24-14(19(30)31)5-10-6-21-13-4-2-1-3-11(10)13/h1-4,6,12,14-15,21,25-26H,5,7-9,20H2,(H,22,28)(H,23,27)(H,24,29)(H,30,31). The van der Waals surface area contributed by atoms with Crippen molar-refractivity contribution in [2.75, 3.05) is 19.8 Å². The van der Waals surface area contributed by atoms with Gasteiger partial charge in [-0.3, -0.25) is 14.4 Å². The normalized spacial score (nSPS) is 13.8. The van der Waals surface area contributed by atoms with Crippen molar-refractivity contribution in [3.63, 3.8) is 0 Å². The lowest BCUT2D eigenvalue weighted by Crippen LogP contribution is -2.55. The molecule has 3 amide bonds. The van der Waals surface area contributed by atoms with Gasteiger partial charge < -0.3 is 42.0 Å². The number of hydrogen-bond donors (Lipinski definition) is 8. The molecule has 1 aromatic heterocycles. The Kier molecular flexibility index (Phi) is 8.49. The maximum Gasteiger partial charge on any atom is 0.326 e. The van der Waals surface area contributed by atoms with E-state index in [9.17, 15) is 29.4 Å². The number of amides is 3. The fraction of sp³-hybridized carbons (Fsp3) is 0.368. The molecule has 12 nitrogen and oxygen atoms in total. The van der Waals surface area contributed by atoms with Crippen LogP contribution >= 0.6 is 0 Å².